The van der Waals surface area contributed by atoms with Gasteiger partial charge in [-0.15, -0.1) is 41.5 Å². The summed E-state index contributed by atoms with van der Waals surface area (Å²) < 4.78 is 4.36. The normalized spacial score (nSPS) is 13.0. The third-order valence-corrected chi connectivity index (χ3v) is 7.73. The van der Waals surface area contributed by atoms with Crippen molar-refractivity contribution in [3.05, 3.63) is 144 Å². The van der Waals surface area contributed by atoms with E-state index in [0.29, 0.717) is 0 Å². The number of para-hydroxylation sites is 2. The van der Waals surface area contributed by atoms with Gasteiger partial charge in [0.2, 0.25) is 0 Å². The van der Waals surface area contributed by atoms with Crippen LogP contribution in [0.3, 0.4) is 0 Å². The number of nitrogens with zero attached hydrogens (tertiary/aromatic N) is 3. The molecule has 1 aliphatic heterocycles. The Morgan fingerprint density at radius 2 is 1.49 bits per heavy atom. The number of fused-ring (bicyclic) bond motifs is 2. The van der Waals surface area contributed by atoms with Crippen molar-refractivity contribution in [2.24, 2.45) is 0 Å². The number of hydrogen-bond acceptors (Lipinski definition) is 1. The summed E-state index contributed by atoms with van der Waals surface area (Å²) in [5.74, 6) is 0. The Bertz CT molecular complexity index is 1740. The molecule has 0 fully saturated rings. The first kappa shape index (κ1) is 28.7. The molecule has 204 valence electrons. The number of benzene rings is 4. The molecular formula is C37H33IrN3+. The summed E-state index contributed by atoms with van der Waals surface area (Å²) in [6.45, 7) is 11.3. The maximum atomic E-state index is 4.22. The third-order valence-electron chi connectivity index (χ3n) is 7.73. The second-order valence-electron chi connectivity index (χ2n) is 11.8. The van der Waals surface area contributed by atoms with Gasteiger partial charge in [-0.05, 0) is 51.5 Å². The average molecular weight is 712 g/mol. The van der Waals surface area contributed by atoms with Crippen LogP contribution in [0.15, 0.2) is 109 Å². The Hall–Kier alpha value is -3.85. The zero-order chi connectivity index (χ0) is 27.9. The summed E-state index contributed by atoms with van der Waals surface area (Å²) >= 11 is 0. The van der Waals surface area contributed by atoms with Crippen LogP contribution >= 0.6 is 0 Å². The standard InChI is InChI=1S/C26H25N2.C11H8N.Ir/c1-25(2,3)18-13-15-19(16-14-18)27-17-28-22-11-7-6-9-20(22)26(4,5)21-10-8-12-23(27)24(21)28;1-2-6-10(7-3-1)11-8-4-5-9-12-11;/h6-10,12-16H,1-5H3;1-6,8-9H;/q2*-1;+3. The van der Waals surface area contributed by atoms with E-state index in [1.165, 1.54) is 27.7 Å². The summed E-state index contributed by atoms with van der Waals surface area (Å²) in [5, 5.41) is 0. The fourth-order valence-corrected chi connectivity index (χ4v) is 5.46. The van der Waals surface area contributed by atoms with Crippen molar-refractivity contribution in [2.45, 2.75) is 45.4 Å². The molecule has 4 heteroatoms. The summed E-state index contributed by atoms with van der Waals surface area (Å²) in [4.78, 5) is 4.22. The van der Waals surface area contributed by atoms with Crippen molar-refractivity contribution in [3.63, 3.8) is 0 Å². The van der Waals surface area contributed by atoms with E-state index in [1.807, 2.05) is 48.5 Å². The van der Waals surface area contributed by atoms with Gasteiger partial charge < -0.3 is 9.55 Å². The van der Waals surface area contributed by atoms with Gasteiger partial charge in [0.15, 0.2) is 0 Å². The van der Waals surface area contributed by atoms with Gasteiger partial charge in [0.25, 0.3) is 6.33 Å². The molecule has 6 aromatic rings. The van der Waals surface area contributed by atoms with Crippen molar-refractivity contribution in [1.29, 1.82) is 0 Å². The van der Waals surface area contributed by atoms with E-state index in [2.05, 4.69) is 122 Å². The number of rotatable bonds is 2. The Morgan fingerprint density at radius 1 is 0.756 bits per heavy atom. The van der Waals surface area contributed by atoms with Gasteiger partial charge in [-0.3, -0.25) is 4.57 Å². The van der Waals surface area contributed by atoms with Crippen molar-refractivity contribution in [3.8, 4) is 22.6 Å². The average Bonchev–Trinajstić information content (AvgIpc) is 3.37. The molecule has 0 radical (unpaired) electrons. The molecule has 1 aliphatic rings. The fraction of sp³-hybridized carbons (Fsp3) is 0.189. The summed E-state index contributed by atoms with van der Waals surface area (Å²) in [6.07, 6.45) is 5.39. The minimum Gasteiger partial charge on any atom is -0.314 e. The zero-order valence-electron chi connectivity index (χ0n) is 24.1. The van der Waals surface area contributed by atoms with Crippen molar-refractivity contribution in [1.82, 2.24) is 9.55 Å². The second-order valence-corrected chi connectivity index (χ2v) is 11.8. The van der Waals surface area contributed by atoms with Crippen LogP contribution in [0.4, 0.5) is 0 Å². The monoisotopic (exact) mass is 712 g/mol. The predicted molar refractivity (Wildman–Crippen MR) is 162 cm³/mol. The van der Waals surface area contributed by atoms with Crippen LogP contribution in [0.1, 0.15) is 51.3 Å². The number of hydrogen-bond donors (Lipinski definition) is 0. The largest absolute Gasteiger partial charge is 3.00 e. The Labute approximate surface area is 256 Å². The van der Waals surface area contributed by atoms with E-state index in [4.69, 9.17) is 0 Å². The molecule has 7 rings (SSSR count). The SMILES string of the molecule is CC(C)(C)c1ccc(-n2[c-][n+]3c4c(cccc42)C(C)(C)c2ccc[c-]c2-3)cc1.[Ir+3].[c-]1ccccc1-c1ccccn1. The van der Waals surface area contributed by atoms with Crippen LogP contribution in [-0.2, 0) is 30.9 Å². The Kier molecular flexibility index (Phi) is 7.83. The van der Waals surface area contributed by atoms with Gasteiger partial charge in [-0.25, -0.2) is 0 Å². The van der Waals surface area contributed by atoms with Gasteiger partial charge >= 0.3 is 20.1 Å². The van der Waals surface area contributed by atoms with Gasteiger partial charge in [0, 0.05) is 6.20 Å². The molecule has 0 saturated carbocycles. The van der Waals surface area contributed by atoms with Crippen LogP contribution in [0, 0.1) is 18.5 Å². The Balaban J connectivity index is 0.000000218. The van der Waals surface area contributed by atoms with E-state index in [-0.39, 0.29) is 30.9 Å². The topological polar surface area (TPSA) is 21.7 Å². The molecule has 41 heavy (non-hydrogen) atoms. The molecule has 2 aromatic heterocycles. The van der Waals surface area contributed by atoms with Crippen LogP contribution in [0.2, 0.25) is 0 Å². The minimum atomic E-state index is -0.0667. The van der Waals surface area contributed by atoms with Gasteiger partial charge in [0.05, 0.1) is 16.7 Å². The molecule has 4 aromatic carbocycles. The molecule has 0 N–H and O–H groups in total. The molecule has 0 unspecified atom stereocenters. The zero-order valence-corrected chi connectivity index (χ0v) is 26.5. The smallest absolute Gasteiger partial charge is 0.314 e. The quantitative estimate of drug-likeness (QED) is 0.132. The number of imidazole rings is 1. The van der Waals surface area contributed by atoms with Crippen LogP contribution in [-0.4, -0.2) is 9.55 Å². The molecule has 0 amide bonds. The van der Waals surface area contributed by atoms with Crippen molar-refractivity contribution < 1.29 is 24.7 Å². The van der Waals surface area contributed by atoms with Gasteiger partial charge in [0.1, 0.15) is 0 Å². The van der Waals surface area contributed by atoms with Crippen LogP contribution < -0.4 is 4.57 Å². The van der Waals surface area contributed by atoms with E-state index in [0.717, 1.165) is 22.6 Å². The fourth-order valence-electron chi connectivity index (χ4n) is 5.46. The van der Waals surface area contributed by atoms with Gasteiger partial charge in [-0.2, -0.15) is 24.3 Å². The molecule has 0 saturated heterocycles. The molecule has 0 aliphatic carbocycles. The van der Waals surface area contributed by atoms with E-state index in [1.54, 1.807) is 6.20 Å². The Morgan fingerprint density at radius 3 is 2.17 bits per heavy atom. The maximum absolute atomic E-state index is 4.22. The third kappa shape index (κ3) is 5.30. The second kappa shape index (κ2) is 11.2. The van der Waals surface area contributed by atoms with Crippen LogP contribution in [0.5, 0.6) is 0 Å². The van der Waals surface area contributed by atoms with E-state index < -0.39 is 0 Å². The molecule has 0 spiro atoms. The molecule has 0 bridgehead atoms. The maximum Gasteiger partial charge on any atom is 3.00 e. The molecular weight excluding hydrogens is 679 g/mol. The van der Waals surface area contributed by atoms with Crippen molar-refractivity contribution in [2.75, 3.05) is 0 Å². The first-order valence-electron chi connectivity index (χ1n) is 13.7. The minimum absolute atomic E-state index is 0. The van der Waals surface area contributed by atoms with Crippen molar-refractivity contribution >= 4 is 11.0 Å². The summed E-state index contributed by atoms with van der Waals surface area (Å²) in [6, 6.07) is 42.0. The first-order valence-corrected chi connectivity index (χ1v) is 13.7. The first-order chi connectivity index (χ1) is 19.2. The molecule has 3 heterocycles. The summed E-state index contributed by atoms with van der Waals surface area (Å²) in [5.41, 5.74) is 10.7. The van der Waals surface area contributed by atoms with Gasteiger partial charge in [-0.1, -0.05) is 77.1 Å². The molecule has 0 atom stereocenters. The molecule has 3 nitrogen and oxygen atoms in total. The summed E-state index contributed by atoms with van der Waals surface area (Å²) in [7, 11) is 0. The van der Waals surface area contributed by atoms with Crippen LogP contribution in [0.25, 0.3) is 33.7 Å². The number of pyridine rings is 1. The van der Waals surface area contributed by atoms with E-state index in [9.17, 15) is 0 Å². The number of aromatic nitrogens is 3. The van der Waals surface area contributed by atoms with E-state index >= 15 is 0 Å². The predicted octanol–water partition coefficient (Wildman–Crippen LogP) is 7.99.